The third-order valence-electron chi connectivity index (χ3n) is 1.76. The maximum atomic E-state index is 12.9. The monoisotopic (exact) mass is 191 g/mol. The van der Waals surface area contributed by atoms with Crippen LogP contribution in [0.15, 0.2) is 12.1 Å². The second-order valence-corrected chi connectivity index (χ2v) is 2.86. The third kappa shape index (κ3) is 2.33. The first kappa shape index (κ1) is 10.3. The lowest BCUT2D eigenvalue weighted by atomic mass is 10.1. The summed E-state index contributed by atoms with van der Waals surface area (Å²) in [5.41, 5.74) is 7.23. The van der Waals surface area contributed by atoms with Crippen LogP contribution < -0.4 is 5.73 Å². The molecule has 0 fully saturated rings. The predicted molar refractivity (Wildman–Crippen MR) is 53.1 cm³/mol. The van der Waals surface area contributed by atoms with E-state index in [1.54, 1.807) is 6.92 Å². The molecule has 14 heavy (non-hydrogen) atoms. The van der Waals surface area contributed by atoms with Crippen LogP contribution in [0.5, 0.6) is 0 Å². The summed E-state index contributed by atoms with van der Waals surface area (Å²) in [6.07, 6.45) is 0.824. The molecule has 3 heteroatoms. The molecule has 0 saturated heterocycles. The van der Waals surface area contributed by atoms with Crippen LogP contribution in [0.2, 0.25) is 0 Å². The number of carbonyl (C=O) groups is 1. The van der Waals surface area contributed by atoms with Crippen molar-refractivity contribution in [3.8, 4) is 11.8 Å². The van der Waals surface area contributed by atoms with E-state index in [2.05, 4.69) is 11.8 Å². The summed E-state index contributed by atoms with van der Waals surface area (Å²) in [5.74, 6) is 4.86. The molecule has 0 saturated carbocycles. The highest BCUT2D eigenvalue weighted by atomic mass is 19.1. The Hall–Kier alpha value is -1.82. The highest BCUT2D eigenvalue weighted by molar-refractivity contribution is 5.62. The van der Waals surface area contributed by atoms with Crippen LogP contribution in [-0.4, -0.2) is 6.29 Å². The molecular weight excluding hydrogens is 181 g/mol. The van der Waals surface area contributed by atoms with Gasteiger partial charge in [-0.25, -0.2) is 4.39 Å². The lowest BCUT2D eigenvalue weighted by molar-refractivity contribution is -0.107. The van der Waals surface area contributed by atoms with E-state index >= 15 is 0 Å². The Bertz CT molecular complexity index is 415. The number of carbonyl (C=O) groups excluding carboxylic acids is 1. The molecule has 0 heterocycles. The maximum absolute atomic E-state index is 12.9. The van der Waals surface area contributed by atoms with E-state index in [9.17, 15) is 9.18 Å². The summed E-state index contributed by atoms with van der Waals surface area (Å²) in [6.45, 7) is 1.71. The Morgan fingerprint density at radius 2 is 2.29 bits per heavy atom. The fourth-order valence-corrected chi connectivity index (χ4v) is 1.05. The Morgan fingerprint density at radius 1 is 1.57 bits per heavy atom. The topological polar surface area (TPSA) is 43.1 Å². The van der Waals surface area contributed by atoms with Crippen molar-refractivity contribution < 1.29 is 9.18 Å². The van der Waals surface area contributed by atoms with Crippen LogP contribution in [-0.2, 0) is 4.79 Å². The van der Waals surface area contributed by atoms with Crippen LogP contribution in [0.4, 0.5) is 10.1 Å². The molecule has 0 bridgehead atoms. The van der Waals surface area contributed by atoms with E-state index in [0.29, 0.717) is 23.1 Å². The van der Waals surface area contributed by atoms with Gasteiger partial charge in [-0.15, -0.1) is 0 Å². The molecule has 0 radical (unpaired) electrons. The average Bonchev–Trinajstić information content (AvgIpc) is 2.13. The number of hydrogen-bond donors (Lipinski definition) is 1. The molecule has 72 valence electrons. The molecule has 0 aliphatic rings. The average molecular weight is 191 g/mol. The van der Waals surface area contributed by atoms with Gasteiger partial charge in [-0.2, -0.15) is 0 Å². The molecule has 2 N–H and O–H groups in total. The number of aldehydes is 1. The predicted octanol–water partition coefficient (Wildman–Crippen LogP) is 1.66. The van der Waals surface area contributed by atoms with Crippen molar-refractivity contribution in [3.05, 3.63) is 29.1 Å². The largest absolute Gasteiger partial charge is 0.397 e. The van der Waals surface area contributed by atoms with Crippen molar-refractivity contribution in [2.24, 2.45) is 0 Å². The molecule has 0 amide bonds. The van der Waals surface area contributed by atoms with Gasteiger partial charge >= 0.3 is 0 Å². The number of aryl methyl sites for hydroxylation is 1. The summed E-state index contributed by atoms with van der Waals surface area (Å²) in [5, 5.41) is 0. The summed E-state index contributed by atoms with van der Waals surface area (Å²) < 4.78 is 12.9. The van der Waals surface area contributed by atoms with E-state index in [4.69, 9.17) is 5.73 Å². The van der Waals surface area contributed by atoms with Crippen LogP contribution in [0.25, 0.3) is 0 Å². The van der Waals surface area contributed by atoms with Crippen LogP contribution in [0, 0.1) is 24.6 Å². The number of hydrogen-bond acceptors (Lipinski definition) is 2. The number of rotatable bonds is 1. The van der Waals surface area contributed by atoms with Gasteiger partial charge in [-0.3, -0.25) is 0 Å². The van der Waals surface area contributed by atoms with E-state index < -0.39 is 0 Å². The second-order valence-electron chi connectivity index (χ2n) is 2.86. The number of nitrogen functional groups attached to an aromatic ring is 1. The molecular formula is C11H10FNO. The lowest BCUT2D eigenvalue weighted by Crippen LogP contribution is -1.95. The molecule has 0 aromatic heterocycles. The third-order valence-corrected chi connectivity index (χ3v) is 1.76. The number of halogens is 1. The van der Waals surface area contributed by atoms with Crippen molar-refractivity contribution in [1.82, 2.24) is 0 Å². The molecule has 0 atom stereocenters. The second kappa shape index (κ2) is 4.43. The number of nitrogens with two attached hydrogens (primary N) is 1. The summed E-state index contributed by atoms with van der Waals surface area (Å²) in [4.78, 5) is 10.0. The molecule has 0 spiro atoms. The molecule has 1 rings (SSSR count). The van der Waals surface area contributed by atoms with Crippen molar-refractivity contribution in [3.63, 3.8) is 0 Å². The first-order chi connectivity index (χ1) is 6.65. The van der Waals surface area contributed by atoms with E-state index in [1.807, 2.05) is 0 Å². The standard InChI is InChI=1S/C11H10FNO/c1-8-6-10(12)7-9(11(8)13)4-2-3-5-14/h5-7H,3,13H2,1H3. The minimum Gasteiger partial charge on any atom is -0.397 e. The zero-order valence-corrected chi connectivity index (χ0v) is 7.80. The van der Waals surface area contributed by atoms with Crippen molar-refractivity contribution in [1.29, 1.82) is 0 Å². The normalized spacial score (nSPS) is 9.00. The molecule has 0 aliphatic carbocycles. The van der Waals surface area contributed by atoms with Crippen LogP contribution >= 0.6 is 0 Å². The zero-order valence-electron chi connectivity index (χ0n) is 7.80. The summed E-state index contributed by atoms with van der Waals surface area (Å²) in [6, 6.07) is 2.61. The highest BCUT2D eigenvalue weighted by Gasteiger charge is 2.02. The van der Waals surface area contributed by atoms with Gasteiger partial charge in [0.25, 0.3) is 0 Å². The van der Waals surface area contributed by atoms with Gasteiger partial charge in [0.15, 0.2) is 0 Å². The molecule has 1 aromatic rings. The summed E-state index contributed by atoms with van der Waals surface area (Å²) in [7, 11) is 0. The van der Waals surface area contributed by atoms with Crippen LogP contribution in [0.1, 0.15) is 17.5 Å². The Morgan fingerprint density at radius 3 is 2.93 bits per heavy atom. The van der Waals surface area contributed by atoms with Crippen molar-refractivity contribution in [2.75, 3.05) is 5.73 Å². The van der Waals surface area contributed by atoms with Gasteiger partial charge in [0.1, 0.15) is 12.1 Å². The Labute approximate surface area is 81.9 Å². The quantitative estimate of drug-likeness (QED) is 0.416. The molecule has 0 unspecified atom stereocenters. The van der Waals surface area contributed by atoms with Gasteiger partial charge in [-0.1, -0.05) is 11.8 Å². The first-order valence-corrected chi connectivity index (χ1v) is 4.13. The number of benzene rings is 1. The molecule has 2 nitrogen and oxygen atoms in total. The fourth-order valence-electron chi connectivity index (χ4n) is 1.05. The van der Waals surface area contributed by atoms with E-state index in [-0.39, 0.29) is 12.2 Å². The summed E-state index contributed by atoms with van der Waals surface area (Å²) >= 11 is 0. The molecule has 1 aromatic carbocycles. The van der Waals surface area contributed by atoms with Crippen molar-refractivity contribution in [2.45, 2.75) is 13.3 Å². The lowest BCUT2D eigenvalue weighted by Gasteiger charge is -2.02. The fraction of sp³-hybridized carbons (Fsp3) is 0.182. The van der Waals surface area contributed by atoms with E-state index in [0.717, 1.165) is 0 Å². The van der Waals surface area contributed by atoms with Crippen molar-refractivity contribution >= 4 is 12.0 Å². The minimum atomic E-state index is -0.368. The van der Waals surface area contributed by atoms with Gasteiger partial charge < -0.3 is 10.5 Å². The SMILES string of the molecule is Cc1cc(F)cc(C#CCC=O)c1N. The maximum Gasteiger partial charge on any atom is 0.131 e. The van der Waals surface area contributed by atoms with Crippen LogP contribution in [0.3, 0.4) is 0 Å². The van der Waals surface area contributed by atoms with Gasteiger partial charge in [0.05, 0.1) is 17.7 Å². The highest BCUT2D eigenvalue weighted by Crippen LogP contribution is 2.17. The van der Waals surface area contributed by atoms with Gasteiger partial charge in [0.2, 0.25) is 0 Å². The zero-order chi connectivity index (χ0) is 10.6. The minimum absolute atomic E-state index is 0.134. The number of anilines is 1. The van der Waals surface area contributed by atoms with E-state index in [1.165, 1.54) is 12.1 Å². The smallest absolute Gasteiger partial charge is 0.131 e. The Kier molecular flexibility index (Phi) is 3.24. The van der Waals surface area contributed by atoms with Gasteiger partial charge in [-0.05, 0) is 24.6 Å². The molecule has 0 aliphatic heterocycles. The van der Waals surface area contributed by atoms with Gasteiger partial charge in [0, 0.05) is 0 Å². The first-order valence-electron chi connectivity index (χ1n) is 4.13. The Balaban J connectivity index is 3.09.